The molecule has 0 radical (unpaired) electrons. The van der Waals surface area contributed by atoms with Gasteiger partial charge in [-0.1, -0.05) is 84.2 Å². The standard InChI is InChI=1S/C27H21F2N5OS2/c28-26(29)36-22-13-11-18(12-14-22)15-23-25(35)31-27(37-23)32-30-16-20-17-34(21-9-5-2-6-10-21)33-24(20)19-7-3-1-4-8-19/h1-14,16-17,23,26H,15H2,(H,31,32,35)/b30-16-/t23-/m1/s1. The van der Waals surface area contributed by atoms with Crippen LogP contribution in [0.1, 0.15) is 11.1 Å². The smallest absolute Gasteiger partial charge is 0.288 e. The van der Waals surface area contributed by atoms with Crippen LogP contribution in [0.2, 0.25) is 0 Å². The van der Waals surface area contributed by atoms with E-state index in [0.29, 0.717) is 28.2 Å². The zero-order valence-corrected chi connectivity index (χ0v) is 21.0. The maximum absolute atomic E-state index is 12.5. The molecule has 0 spiro atoms. The molecule has 6 nitrogen and oxygen atoms in total. The number of para-hydroxylation sites is 1. The normalized spacial score (nSPS) is 16.7. The highest BCUT2D eigenvalue weighted by atomic mass is 32.2. The van der Waals surface area contributed by atoms with Crippen molar-refractivity contribution in [1.29, 1.82) is 0 Å². The molecule has 1 fully saturated rings. The van der Waals surface area contributed by atoms with Crippen molar-refractivity contribution >= 4 is 40.8 Å². The summed E-state index contributed by atoms with van der Waals surface area (Å²) < 4.78 is 26.8. The lowest BCUT2D eigenvalue weighted by molar-refractivity contribution is -0.118. The van der Waals surface area contributed by atoms with Crippen LogP contribution in [0.25, 0.3) is 16.9 Å². The predicted molar refractivity (Wildman–Crippen MR) is 146 cm³/mol. The van der Waals surface area contributed by atoms with Crippen LogP contribution in [0.4, 0.5) is 8.78 Å². The van der Waals surface area contributed by atoms with Crippen molar-refractivity contribution < 1.29 is 13.6 Å². The number of hydrogen-bond acceptors (Lipinski definition) is 6. The van der Waals surface area contributed by atoms with Crippen molar-refractivity contribution in [3.63, 3.8) is 0 Å². The Balaban J connectivity index is 1.30. The van der Waals surface area contributed by atoms with Crippen molar-refractivity contribution in [2.45, 2.75) is 22.3 Å². The number of carbonyl (C=O) groups is 1. The predicted octanol–water partition coefficient (Wildman–Crippen LogP) is 6.02. The zero-order chi connectivity index (χ0) is 25.6. The van der Waals surface area contributed by atoms with Crippen LogP contribution >= 0.6 is 23.5 Å². The molecule has 3 aromatic carbocycles. The molecule has 4 aromatic rings. The number of amidine groups is 1. The number of thioether (sulfide) groups is 2. The lowest BCUT2D eigenvalue weighted by Crippen LogP contribution is -2.25. The maximum atomic E-state index is 12.5. The van der Waals surface area contributed by atoms with Gasteiger partial charge in [0.15, 0.2) is 5.17 Å². The van der Waals surface area contributed by atoms with Crippen LogP contribution in [-0.2, 0) is 11.2 Å². The third kappa shape index (κ3) is 6.33. The maximum Gasteiger partial charge on any atom is 0.288 e. The van der Waals surface area contributed by atoms with Gasteiger partial charge < -0.3 is 5.32 Å². The van der Waals surface area contributed by atoms with E-state index in [2.05, 4.69) is 15.5 Å². The minimum absolute atomic E-state index is 0.160. The molecule has 186 valence electrons. The largest absolute Gasteiger partial charge is 0.303 e. The Morgan fingerprint density at radius 1 is 1.03 bits per heavy atom. The van der Waals surface area contributed by atoms with Crippen molar-refractivity contribution in [1.82, 2.24) is 15.1 Å². The fourth-order valence-corrected chi connectivity index (χ4v) is 5.23. The third-order valence-electron chi connectivity index (χ3n) is 5.50. The topological polar surface area (TPSA) is 71.6 Å². The molecule has 2 heterocycles. The second-order valence-electron chi connectivity index (χ2n) is 8.05. The number of benzene rings is 3. The molecule has 37 heavy (non-hydrogen) atoms. The Morgan fingerprint density at radius 2 is 1.73 bits per heavy atom. The van der Waals surface area contributed by atoms with Crippen LogP contribution in [-0.4, -0.2) is 38.1 Å². The van der Waals surface area contributed by atoms with Gasteiger partial charge in [0.2, 0.25) is 5.91 Å². The van der Waals surface area contributed by atoms with E-state index in [1.54, 1.807) is 35.2 Å². The first-order valence-corrected chi connectivity index (χ1v) is 13.1. The number of alkyl halides is 2. The molecule has 1 atom stereocenters. The highest BCUT2D eigenvalue weighted by Gasteiger charge is 2.30. The molecule has 1 amide bonds. The summed E-state index contributed by atoms with van der Waals surface area (Å²) in [6.45, 7) is 0. The summed E-state index contributed by atoms with van der Waals surface area (Å²) in [4.78, 5) is 12.9. The van der Waals surface area contributed by atoms with Crippen LogP contribution in [0.5, 0.6) is 0 Å². The number of halogens is 2. The summed E-state index contributed by atoms with van der Waals surface area (Å²) in [7, 11) is 0. The average Bonchev–Trinajstić information content (AvgIpc) is 3.49. The van der Waals surface area contributed by atoms with E-state index in [-0.39, 0.29) is 11.2 Å². The van der Waals surface area contributed by atoms with E-state index in [0.717, 1.165) is 28.1 Å². The molecule has 1 N–H and O–H groups in total. The molecule has 0 aliphatic carbocycles. The van der Waals surface area contributed by atoms with Crippen molar-refractivity contribution in [2.75, 3.05) is 0 Å². The zero-order valence-electron chi connectivity index (χ0n) is 19.4. The lowest BCUT2D eigenvalue weighted by Gasteiger charge is -2.06. The molecule has 1 saturated heterocycles. The van der Waals surface area contributed by atoms with Gasteiger partial charge in [-0.3, -0.25) is 4.79 Å². The van der Waals surface area contributed by atoms with E-state index in [1.165, 1.54) is 11.8 Å². The van der Waals surface area contributed by atoms with E-state index >= 15 is 0 Å². The number of aromatic nitrogens is 2. The summed E-state index contributed by atoms with van der Waals surface area (Å²) in [6.07, 6.45) is 3.97. The number of nitrogens with one attached hydrogen (secondary N) is 1. The molecule has 10 heteroatoms. The second kappa shape index (κ2) is 11.5. The van der Waals surface area contributed by atoms with E-state index in [1.807, 2.05) is 66.9 Å². The molecule has 5 rings (SSSR count). The van der Waals surface area contributed by atoms with Crippen LogP contribution in [0.3, 0.4) is 0 Å². The van der Waals surface area contributed by atoms with Gasteiger partial charge in [-0.2, -0.15) is 19.0 Å². The van der Waals surface area contributed by atoms with Crippen molar-refractivity contribution in [3.05, 3.63) is 102 Å². The van der Waals surface area contributed by atoms with Gasteiger partial charge >= 0.3 is 0 Å². The summed E-state index contributed by atoms with van der Waals surface area (Å²) in [5, 5.41) is 16.0. The molecule has 0 bridgehead atoms. The summed E-state index contributed by atoms with van der Waals surface area (Å²) in [6, 6.07) is 26.4. The molecular weight excluding hydrogens is 512 g/mol. The van der Waals surface area contributed by atoms with Gasteiger partial charge in [0.1, 0.15) is 5.69 Å². The Morgan fingerprint density at radius 3 is 2.43 bits per heavy atom. The summed E-state index contributed by atoms with van der Waals surface area (Å²) >= 11 is 1.79. The number of carbonyl (C=O) groups excluding carboxylic acids is 1. The first kappa shape index (κ1) is 24.9. The number of hydrogen-bond donors (Lipinski definition) is 1. The second-order valence-corrected chi connectivity index (χ2v) is 10.3. The lowest BCUT2D eigenvalue weighted by atomic mass is 10.1. The highest BCUT2D eigenvalue weighted by molar-refractivity contribution is 8.15. The minimum atomic E-state index is -2.46. The van der Waals surface area contributed by atoms with Crippen LogP contribution in [0.15, 0.2) is 106 Å². The van der Waals surface area contributed by atoms with Gasteiger partial charge in [-0.15, -0.1) is 5.10 Å². The average molecular weight is 534 g/mol. The van der Waals surface area contributed by atoms with Gasteiger partial charge in [0.25, 0.3) is 5.76 Å². The van der Waals surface area contributed by atoms with E-state index in [9.17, 15) is 13.6 Å². The molecule has 1 aliphatic heterocycles. The molecular formula is C27H21F2N5OS2. The summed E-state index contributed by atoms with van der Waals surface area (Å²) in [5.74, 6) is -2.62. The summed E-state index contributed by atoms with van der Waals surface area (Å²) in [5.41, 5.74) is 4.31. The quantitative estimate of drug-likeness (QED) is 0.171. The highest BCUT2D eigenvalue weighted by Crippen LogP contribution is 2.28. The van der Waals surface area contributed by atoms with Gasteiger partial charge in [-0.05, 0) is 36.2 Å². The fraction of sp³-hybridized carbons (Fsp3) is 0.111. The van der Waals surface area contributed by atoms with Gasteiger partial charge in [0, 0.05) is 22.2 Å². The van der Waals surface area contributed by atoms with Crippen LogP contribution in [0, 0.1) is 0 Å². The number of rotatable bonds is 8. The van der Waals surface area contributed by atoms with Gasteiger partial charge in [-0.25, -0.2) is 4.68 Å². The first-order chi connectivity index (χ1) is 18.0. The molecule has 1 aromatic heterocycles. The van der Waals surface area contributed by atoms with Crippen molar-refractivity contribution in [2.24, 2.45) is 10.2 Å². The fourth-order valence-electron chi connectivity index (χ4n) is 3.77. The van der Waals surface area contributed by atoms with E-state index in [4.69, 9.17) is 5.10 Å². The molecule has 0 unspecified atom stereocenters. The Hall–Kier alpha value is -3.76. The Labute approximate surface area is 220 Å². The third-order valence-corrected chi connectivity index (χ3v) is 7.30. The molecule has 0 saturated carbocycles. The number of nitrogens with zero attached hydrogens (tertiary/aromatic N) is 4. The monoisotopic (exact) mass is 533 g/mol. The Bertz CT molecular complexity index is 1420. The Kier molecular flexibility index (Phi) is 7.76. The van der Waals surface area contributed by atoms with Crippen molar-refractivity contribution in [3.8, 4) is 16.9 Å². The molecule has 1 aliphatic rings. The minimum Gasteiger partial charge on any atom is -0.303 e. The SMILES string of the molecule is O=C1N/C(=N\N=C/c2cn(-c3ccccc3)nc2-c2ccccc2)S[C@@H]1Cc1ccc(SC(F)F)cc1. The van der Waals surface area contributed by atoms with E-state index < -0.39 is 5.76 Å². The van der Waals surface area contributed by atoms with Gasteiger partial charge in [0.05, 0.1) is 17.2 Å². The number of amides is 1. The first-order valence-electron chi connectivity index (χ1n) is 11.4. The van der Waals surface area contributed by atoms with Crippen LogP contribution < -0.4 is 5.32 Å².